The van der Waals surface area contributed by atoms with Gasteiger partial charge >= 0.3 is 0 Å². The molecule has 0 aliphatic heterocycles. The third kappa shape index (κ3) is 2.52. The minimum absolute atomic E-state index is 0.0764. The first-order valence-electron chi connectivity index (χ1n) is 5.97. The van der Waals surface area contributed by atoms with Gasteiger partial charge in [0.05, 0.1) is 4.75 Å². The van der Waals surface area contributed by atoms with E-state index < -0.39 is 4.75 Å². The Kier molecular flexibility index (Phi) is 3.83. The lowest BCUT2D eigenvalue weighted by Crippen LogP contribution is -2.29. The first-order valence-corrected chi connectivity index (χ1v) is 6.93. The van der Waals surface area contributed by atoms with Crippen molar-refractivity contribution in [1.29, 1.82) is 0 Å². The molecular weight excluding hydrogens is 252 g/mol. The van der Waals surface area contributed by atoms with Gasteiger partial charge in [0.2, 0.25) is 0 Å². The molecule has 1 aromatic rings. The summed E-state index contributed by atoms with van der Waals surface area (Å²) in [6.45, 7) is 0. The van der Waals surface area contributed by atoms with E-state index >= 15 is 0 Å². The van der Waals surface area contributed by atoms with Gasteiger partial charge in [-0.1, -0.05) is 25.3 Å². The lowest BCUT2D eigenvalue weighted by molar-refractivity contribution is 0.432. The average molecular weight is 270 g/mol. The highest BCUT2D eigenvalue weighted by Gasteiger charge is 2.37. The molecule has 2 atom stereocenters. The van der Waals surface area contributed by atoms with Crippen LogP contribution >= 0.6 is 25.3 Å². The van der Waals surface area contributed by atoms with E-state index in [4.69, 9.17) is 12.6 Å². The summed E-state index contributed by atoms with van der Waals surface area (Å²) in [4.78, 5) is 0. The molecule has 4 heteroatoms. The maximum atomic E-state index is 9.98. The van der Waals surface area contributed by atoms with Gasteiger partial charge in [0.25, 0.3) is 0 Å². The molecular formula is C13H18O2S2. The molecule has 0 saturated heterocycles. The molecule has 0 heterocycles. The highest BCUT2D eigenvalue weighted by atomic mass is 32.1. The van der Waals surface area contributed by atoms with Gasteiger partial charge < -0.3 is 10.2 Å². The zero-order chi connectivity index (χ0) is 12.5. The Balaban J connectivity index is 2.41. The molecule has 1 saturated carbocycles. The minimum atomic E-state index is -0.405. The topological polar surface area (TPSA) is 40.5 Å². The van der Waals surface area contributed by atoms with Gasteiger partial charge in [-0.25, -0.2) is 0 Å². The molecule has 0 aromatic heterocycles. The standard InChI is InChI=1S/C13H18O2S2/c14-9-5-6-10(11(15)8-9)13(17)7-3-1-2-4-12(13)16/h5-6,8,12,14-17H,1-4,7H2. The second-order valence-electron chi connectivity index (χ2n) is 4.74. The van der Waals surface area contributed by atoms with Crippen molar-refractivity contribution in [2.75, 3.05) is 0 Å². The smallest absolute Gasteiger partial charge is 0.123 e. The Morgan fingerprint density at radius 1 is 1.18 bits per heavy atom. The van der Waals surface area contributed by atoms with Crippen molar-refractivity contribution >= 4 is 25.3 Å². The molecule has 1 fully saturated rings. The van der Waals surface area contributed by atoms with Gasteiger partial charge in [-0.15, -0.1) is 0 Å². The summed E-state index contributed by atoms with van der Waals surface area (Å²) in [6, 6.07) is 4.73. The fourth-order valence-corrected chi connectivity index (χ4v) is 3.44. The third-order valence-corrected chi connectivity index (χ3v) is 5.21. The van der Waals surface area contributed by atoms with Gasteiger partial charge in [0.1, 0.15) is 11.5 Å². The Hall–Kier alpha value is -0.480. The average Bonchev–Trinajstić information content (AvgIpc) is 2.42. The Labute approximate surface area is 113 Å². The van der Waals surface area contributed by atoms with Crippen molar-refractivity contribution in [1.82, 2.24) is 0 Å². The highest BCUT2D eigenvalue weighted by Crippen LogP contribution is 2.47. The number of rotatable bonds is 1. The first kappa shape index (κ1) is 13.0. The quantitative estimate of drug-likeness (QED) is 0.466. The minimum Gasteiger partial charge on any atom is -0.508 e. The number of thiol groups is 2. The molecule has 1 aromatic carbocycles. The van der Waals surface area contributed by atoms with Crippen LogP contribution in [0.2, 0.25) is 0 Å². The zero-order valence-corrected chi connectivity index (χ0v) is 11.4. The van der Waals surface area contributed by atoms with E-state index in [0.717, 1.165) is 31.2 Å². The van der Waals surface area contributed by atoms with E-state index in [0.29, 0.717) is 0 Å². The van der Waals surface area contributed by atoms with Crippen molar-refractivity contribution in [3.8, 4) is 11.5 Å². The molecule has 0 radical (unpaired) electrons. The van der Waals surface area contributed by atoms with E-state index in [9.17, 15) is 10.2 Å². The van der Waals surface area contributed by atoms with Gasteiger partial charge in [0, 0.05) is 16.9 Å². The van der Waals surface area contributed by atoms with E-state index in [-0.39, 0.29) is 16.7 Å². The first-order chi connectivity index (χ1) is 8.04. The van der Waals surface area contributed by atoms with Crippen LogP contribution in [0.3, 0.4) is 0 Å². The molecule has 0 spiro atoms. The van der Waals surface area contributed by atoms with Crippen molar-refractivity contribution in [2.24, 2.45) is 0 Å². The summed E-state index contributed by atoms with van der Waals surface area (Å²) in [5, 5.41) is 19.4. The van der Waals surface area contributed by atoms with Crippen LogP contribution in [0.1, 0.15) is 37.7 Å². The Morgan fingerprint density at radius 3 is 2.65 bits per heavy atom. The predicted molar refractivity (Wildman–Crippen MR) is 76.3 cm³/mol. The van der Waals surface area contributed by atoms with Crippen LogP contribution in [0.5, 0.6) is 11.5 Å². The summed E-state index contributed by atoms with van der Waals surface area (Å²) in [6.07, 6.45) is 5.37. The number of aromatic hydroxyl groups is 2. The van der Waals surface area contributed by atoms with Crippen LogP contribution < -0.4 is 0 Å². The van der Waals surface area contributed by atoms with Crippen LogP contribution in [0.25, 0.3) is 0 Å². The SMILES string of the molecule is Oc1ccc(C2(S)CCCCCC2S)c(O)c1. The fourth-order valence-electron chi connectivity index (χ4n) is 2.51. The van der Waals surface area contributed by atoms with E-state index in [1.807, 2.05) is 0 Å². The van der Waals surface area contributed by atoms with E-state index in [1.165, 1.54) is 12.5 Å². The van der Waals surface area contributed by atoms with Gasteiger partial charge in [-0.2, -0.15) is 25.3 Å². The Morgan fingerprint density at radius 2 is 1.94 bits per heavy atom. The van der Waals surface area contributed by atoms with Crippen LogP contribution in [0.15, 0.2) is 18.2 Å². The molecule has 0 bridgehead atoms. The summed E-state index contributed by atoms with van der Waals surface area (Å²) in [5.41, 5.74) is 0.778. The second kappa shape index (κ2) is 5.02. The molecule has 2 nitrogen and oxygen atoms in total. The monoisotopic (exact) mass is 270 g/mol. The molecule has 1 aliphatic rings. The van der Waals surface area contributed by atoms with Gasteiger partial charge in [-0.3, -0.25) is 0 Å². The largest absolute Gasteiger partial charge is 0.508 e. The number of benzene rings is 1. The van der Waals surface area contributed by atoms with Crippen LogP contribution in [-0.4, -0.2) is 15.5 Å². The number of phenolic OH excluding ortho intramolecular Hbond substituents is 2. The molecule has 0 amide bonds. The second-order valence-corrected chi connectivity index (χ2v) is 6.16. The number of hydrogen-bond acceptors (Lipinski definition) is 4. The summed E-state index contributed by atoms with van der Waals surface area (Å²) >= 11 is 9.43. The third-order valence-electron chi connectivity index (χ3n) is 3.53. The summed E-state index contributed by atoms with van der Waals surface area (Å²) < 4.78 is -0.405. The zero-order valence-electron chi connectivity index (χ0n) is 9.63. The van der Waals surface area contributed by atoms with Crippen molar-refractivity contribution in [3.05, 3.63) is 23.8 Å². The Bertz CT molecular complexity index is 408. The van der Waals surface area contributed by atoms with Crippen molar-refractivity contribution < 1.29 is 10.2 Å². The molecule has 2 rings (SSSR count). The molecule has 17 heavy (non-hydrogen) atoms. The predicted octanol–water partition coefficient (Wildman–Crippen LogP) is 3.49. The van der Waals surface area contributed by atoms with E-state index in [2.05, 4.69) is 12.6 Å². The maximum Gasteiger partial charge on any atom is 0.123 e. The number of phenols is 2. The molecule has 94 valence electrons. The fraction of sp³-hybridized carbons (Fsp3) is 0.538. The lowest BCUT2D eigenvalue weighted by Gasteiger charge is -2.33. The van der Waals surface area contributed by atoms with Crippen molar-refractivity contribution in [2.45, 2.75) is 42.1 Å². The van der Waals surface area contributed by atoms with Crippen LogP contribution in [0.4, 0.5) is 0 Å². The molecule has 2 N–H and O–H groups in total. The summed E-state index contributed by atoms with van der Waals surface area (Å²) in [5.74, 6) is 0.188. The van der Waals surface area contributed by atoms with Gasteiger partial charge in [0.15, 0.2) is 0 Å². The lowest BCUT2D eigenvalue weighted by atomic mass is 9.89. The van der Waals surface area contributed by atoms with Gasteiger partial charge in [-0.05, 0) is 18.9 Å². The van der Waals surface area contributed by atoms with Crippen LogP contribution in [-0.2, 0) is 4.75 Å². The van der Waals surface area contributed by atoms with E-state index in [1.54, 1.807) is 12.1 Å². The van der Waals surface area contributed by atoms with Crippen molar-refractivity contribution in [3.63, 3.8) is 0 Å². The number of hydrogen-bond donors (Lipinski definition) is 4. The maximum absolute atomic E-state index is 9.98. The molecule has 2 unspecified atom stereocenters. The molecule has 1 aliphatic carbocycles. The summed E-state index contributed by atoms with van der Waals surface area (Å²) in [7, 11) is 0. The highest BCUT2D eigenvalue weighted by molar-refractivity contribution is 7.85. The normalized spacial score (nSPS) is 29.9. The van der Waals surface area contributed by atoms with Crippen LogP contribution in [0, 0.1) is 0 Å².